The van der Waals surface area contributed by atoms with Gasteiger partial charge in [0.25, 0.3) is 5.91 Å². The van der Waals surface area contributed by atoms with E-state index in [0.717, 1.165) is 6.42 Å². The molecule has 0 fully saturated rings. The number of anilines is 2. The van der Waals surface area contributed by atoms with E-state index >= 15 is 0 Å². The van der Waals surface area contributed by atoms with E-state index < -0.39 is 0 Å². The first-order chi connectivity index (χ1) is 12.2. The Morgan fingerprint density at radius 3 is 2.52 bits per heavy atom. The zero-order valence-electron chi connectivity index (χ0n) is 13.4. The lowest BCUT2D eigenvalue weighted by atomic mass is 10.1. The van der Waals surface area contributed by atoms with Gasteiger partial charge in [-0.3, -0.25) is 4.79 Å². The van der Waals surface area contributed by atoms with E-state index in [1.165, 1.54) is 42.1 Å². The summed E-state index contributed by atoms with van der Waals surface area (Å²) in [5, 5.41) is 5.78. The minimum absolute atomic E-state index is 0.238. The average molecular weight is 336 g/mol. The highest BCUT2D eigenvalue weighted by Gasteiger charge is 2.09. The summed E-state index contributed by atoms with van der Waals surface area (Å²) < 4.78 is 12.9. The van der Waals surface area contributed by atoms with Gasteiger partial charge in [0, 0.05) is 18.4 Å². The zero-order chi connectivity index (χ0) is 17.5. The highest BCUT2D eigenvalue weighted by Crippen LogP contribution is 2.10. The van der Waals surface area contributed by atoms with E-state index in [4.69, 9.17) is 0 Å². The van der Waals surface area contributed by atoms with E-state index in [-0.39, 0.29) is 17.4 Å². The van der Waals surface area contributed by atoms with Crippen molar-refractivity contribution in [2.24, 2.45) is 0 Å². The molecule has 0 bridgehead atoms. The fraction of sp³-hybridized carbons (Fsp3) is 0.105. The molecule has 5 nitrogen and oxygen atoms in total. The second kappa shape index (κ2) is 8.01. The van der Waals surface area contributed by atoms with Crippen LogP contribution in [-0.2, 0) is 6.42 Å². The predicted octanol–water partition coefficient (Wildman–Crippen LogP) is 3.52. The molecule has 0 radical (unpaired) electrons. The number of nitrogens with one attached hydrogen (secondary N) is 2. The largest absolute Gasteiger partial charge is 0.354 e. The first-order valence-electron chi connectivity index (χ1n) is 7.88. The molecule has 1 amide bonds. The van der Waals surface area contributed by atoms with Crippen molar-refractivity contribution in [3.05, 3.63) is 83.9 Å². The Kier molecular flexibility index (Phi) is 5.31. The van der Waals surface area contributed by atoms with Gasteiger partial charge in [0.2, 0.25) is 5.95 Å². The Morgan fingerprint density at radius 1 is 1.00 bits per heavy atom. The van der Waals surface area contributed by atoms with Crippen LogP contribution in [0.4, 0.5) is 16.0 Å². The Balaban J connectivity index is 1.58. The number of nitrogens with zero attached hydrogens (tertiary/aromatic N) is 2. The van der Waals surface area contributed by atoms with Gasteiger partial charge in [-0.15, -0.1) is 0 Å². The minimum Gasteiger partial charge on any atom is -0.354 e. The van der Waals surface area contributed by atoms with Crippen LogP contribution >= 0.6 is 0 Å². The van der Waals surface area contributed by atoms with Crippen molar-refractivity contribution in [3.63, 3.8) is 0 Å². The second-order valence-corrected chi connectivity index (χ2v) is 5.39. The molecule has 0 atom stereocenters. The maximum absolute atomic E-state index is 12.9. The maximum Gasteiger partial charge on any atom is 0.274 e. The third kappa shape index (κ3) is 4.84. The molecule has 0 aliphatic heterocycles. The molecule has 1 heterocycles. The standard InChI is InChI=1S/C19H17FN4O/c20-15-6-8-16(9-7-15)23-18(25)17-11-13-22-19(24-17)21-12-10-14-4-2-1-3-5-14/h1-9,11,13H,10,12H2,(H,23,25)(H,21,22,24). The van der Waals surface area contributed by atoms with Crippen LogP contribution in [0, 0.1) is 5.82 Å². The number of rotatable bonds is 6. The lowest BCUT2D eigenvalue weighted by Gasteiger charge is -2.07. The molecule has 1 aromatic heterocycles. The number of benzene rings is 2. The Hall–Kier alpha value is -3.28. The van der Waals surface area contributed by atoms with Crippen LogP contribution in [0.1, 0.15) is 16.1 Å². The number of amides is 1. The molecule has 2 N–H and O–H groups in total. The molecule has 2 aromatic carbocycles. The Bertz CT molecular complexity index is 838. The quantitative estimate of drug-likeness (QED) is 0.723. The monoisotopic (exact) mass is 336 g/mol. The van der Waals surface area contributed by atoms with Crippen molar-refractivity contribution in [1.82, 2.24) is 9.97 Å². The SMILES string of the molecule is O=C(Nc1ccc(F)cc1)c1ccnc(NCCc2ccccc2)n1. The van der Waals surface area contributed by atoms with Gasteiger partial charge in [-0.05, 0) is 42.3 Å². The number of aromatic nitrogens is 2. The third-order valence-electron chi connectivity index (χ3n) is 3.53. The summed E-state index contributed by atoms with van der Waals surface area (Å²) in [6, 6.07) is 17.1. The van der Waals surface area contributed by atoms with Crippen LogP contribution in [0.2, 0.25) is 0 Å². The van der Waals surface area contributed by atoms with Crippen LogP contribution in [0.25, 0.3) is 0 Å². The van der Waals surface area contributed by atoms with Gasteiger partial charge in [0.15, 0.2) is 0 Å². The predicted molar refractivity (Wildman–Crippen MR) is 95.0 cm³/mol. The molecule has 0 aliphatic rings. The first kappa shape index (κ1) is 16.6. The molecule has 3 rings (SSSR count). The normalized spacial score (nSPS) is 10.3. The van der Waals surface area contributed by atoms with E-state index in [1.807, 2.05) is 18.2 Å². The van der Waals surface area contributed by atoms with Crippen molar-refractivity contribution in [3.8, 4) is 0 Å². The molecular formula is C19H17FN4O. The number of hydrogen-bond donors (Lipinski definition) is 2. The van der Waals surface area contributed by atoms with Gasteiger partial charge in [-0.25, -0.2) is 14.4 Å². The van der Waals surface area contributed by atoms with Crippen LogP contribution in [0.15, 0.2) is 66.9 Å². The summed E-state index contributed by atoms with van der Waals surface area (Å²) in [7, 11) is 0. The maximum atomic E-state index is 12.9. The summed E-state index contributed by atoms with van der Waals surface area (Å²) in [6.45, 7) is 0.660. The van der Waals surface area contributed by atoms with E-state index in [2.05, 4.69) is 32.7 Å². The van der Waals surface area contributed by atoms with Crippen LogP contribution in [-0.4, -0.2) is 22.4 Å². The number of hydrogen-bond acceptors (Lipinski definition) is 4. The van der Waals surface area contributed by atoms with Gasteiger partial charge in [0.1, 0.15) is 11.5 Å². The molecule has 0 aliphatic carbocycles. The zero-order valence-corrected chi connectivity index (χ0v) is 13.4. The first-order valence-corrected chi connectivity index (χ1v) is 7.88. The van der Waals surface area contributed by atoms with Crippen LogP contribution in [0.3, 0.4) is 0 Å². The molecule has 6 heteroatoms. The average Bonchev–Trinajstić information content (AvgIpc) is 2.65. The molecule has 0 saturated carbocycles. The molecule has 3 aromatic rings. The van der Waals surface area contributed by atoms with Gasteiger partial charge in [-0.2, -0.15) is 0 Å². The van der Waals surface area contributed by atoms with E-state index in [0.29, 0.717) is 18.2 Å². The molecule has 25 heavy (non-hydrogen) atoms. The summed E-state index contributed by atoms with van der Waals surface area (Å²) in [4.78, 5) is 20.6. The topological polar surface area (TPSA) is 66.9 Å². The fourth-order valence-electron chi connectivity index (χ4n) is 2.26. The van der Waals surface area contributed by atoms with Crippen molar-refractivity contribution in [2.45, 2.75) is 6.42 Å². The number of carbonyl (C=O) groups excluding carboxylic acids is 1. The second-order valence-electron chi connectivity index (χ2n) is 5.39. The van der Waals surface area contributed by atoms with Crippen molar-refractivity contribution >= 4 is 17.5 Å². The summed E-state index contributed by atoms with van der Waals surface area (Å²) in [5.41, 5.74) is 1.95. The molecule has 126 valence electrons. The summed E-state index contributed by atoms with van der Waals surface area (Å²) >= 11 is 0. The fourth-order valence-corrected chi connectivity index (χ4v) is 2.26. The van der Waals surface area contributed by atoms with Crippen LogP contribution in [0.5, 0.6) is 0 Å². The highest BCUT2D eigenvalue weighted by molar-refractivity contribution is 6.02. The van der Waals surface area contributed by atoms with Crippen molar-refractivity contribution in [1.29, 1.82) is 0 Å². The van der Waals surface area contributed by atoms with Gasteiger partial charge in [0.05, 0.1) is 0 Å². The minimum atomic E-state index is -0.375. The van der Waals surface area contributed by atoms with Crippen molar-refractivity contribution < 1.29 is 9.18 Å². The van der Waals surface area contributed by atoms with Crippen LogP contribution < -0.4 is 10.6 Å². The smallest absolute Gasteiger partial charge is 0.274 e. The highest BCUT2D eigenvalue weighted by atomic mass is 19.1. The van der Waals surface area contributed by atoms with E-state index in [9.17, 15) is 9.18 Å². The third-order valence-corrected chi connectivity index (χ3v) is 3.53. The van der Waals surface area contributed by atoms with Gasteiger partial charge in [-0.1, -0.05) is 30.3 Å². The molecule has 0 saturated heterocycles. The molecule has 0 spiro atoms. The summed E-state index contributed by atoms with van der Waals surface area (Å²) in [6.07, 6.45) is 2.35. The number of carbonyl (C=O) groups is 1. The van der Waals surface area contributed by atoms with Crippen molar-refractivity contribution in [2.75, 3.05) is 17.2 Å². The summed E-state index contributed by atoms with van der Waals surface area (Å²) in [5.74, 6) is -0.340. The molecular weight excluding hydrogens is 319 g/mol. The van der Waals surface area contributed by atoms with Gasteiger partial charge < -0.3 is 10.6 Å². The number of halogens is 1. The van der Waals surface area contributed by atoms with Gasteiger partial charge >= 0.3 is 0 Å². The molecule has 0 unspecified atom stereocenters. The Morgan fingerprint density at radius 2 is 1.76 bits per heavy atom. The lowest BCUT2D eigenvalue weighted by molar-refractivity contribution is 0.102. The van der Waals surface area contributed by atoms with E-state index in [1.54, 1.807) is 0 Å². The lowest BCUT2D eigenvalue weighted by Crippen LogP contribution is -2.16. The Labute approximate surface area is 145 Å².